The van der Waals surface area contributed by atoms with Crippen LogP contribution in [0.1, 0.15) is 53.4 Å². The zero-order valence-corrected chi connectivity index (χ0v) is 19.5. The molecule has 0 unspecified atom stereocenters. The Balaban J connectivity index is 2.08. The van der Waals surface area contributed by atoms with Crippen LogP contribution in [-0.2, 0) is 9.59 Å². The van der Waals surface area contributed by atoms with E-state index in [1.165, 1.54) is 0 Å². The predicted molar refractivity (Wildman–Crippen MR) is 124 cm³/mol. The van der Waals surface area contributed by atoms with E-state index in [4.69, 9.17) is 0 Å². The Morgan fingerprint density at radius 3 is 2.66 bits per heavy atom. The van der Waals surface area contributed by atoms with Crippen LogP contribution in [0.25, 0.3) is 0 Å². The van der Waals surface area contributed by atoms with Crippen LogP contribution >= 0.6 is 0 Å². The third kappa shape index (κ3) is 4.48. The molecule has 6 nitrogen and oxygen atoms in total. The Kier molecular flexibility index (Phi) is 7.46. The number of Topliss-reactive ketones (excluding diaryl/α,β-unsaturated/α-hetero) is 1. The van der Waals surface area contributed by atoms with Gasteiger partial charge < -0.3 is 20.6 Å². The van der Waals surface area contributed by atoms with Crippen molar-refractivity contribution >= 4 is 11.7 Å². The van der Waals surface area contributed by atoms with Crippen molar-refractivity contribution in [3.63, 3.8) is 0 Å². The molecular formula is C26H37NO5. The second-order valence-corrected chi connectivity index (χ2v) is 10.1. The van der Waals surface area contributed by atoms with E-state index in [1.807, 2.05) is 38.2 Å². The summed E-state index contributed by atoms with van der Waals surface area (Å²) < 4.78 is 0. The minimum Gasteiger partial charge on any atom is -0.511 e. The quantitative estimate of drug-likeness (QED) is 0.166. The molecule has 1 saturated heterocycles. The Morgan fingerprint density at radius 1 is 1.31 bits per heavy atom. The van der Waals surface area contributed by atoms with Crippen molar-refractivity contribution < 1.29 is 24.9 Å². The molecule has 4 N–H and O–H groups in total. The average molecular weight is 444 g/mol. The third-order valence-electron chi connectivity index (χ3n) is 7.60. The zero-order valence-electron chi connectivity index (χ0n) is 19.5. The fraction of sp³-hybridized carbons (Fsp3) is 0.615. The van der Waals surface area contributed by atoms with Gasteiger partial charge in [0.1, 0.15) is 17.4 Å². The van der Waals surface area contributed by atoms with E-state index in [1.54, 1.807) is 6.92 Å². The highest BCUT2D eigenvalue weighted by Gasteiger charge is 2.54. The van der Waals surface area contributed by atoms with Crippen molar-refractivity contribution in [2.75, 3.05) is 6.61 Å². The molecule has 3 aliphatic rings. The van der Waals surface area contributed by atoms with Crippen LogP contribution in [0.2, 0.25) is 0 Å². The van der Waals surface area contributed by atoms with Gasteiger partial charge in [-0.25, -0.2) is 0 Å². The second kappa shape index (κ2) is 9.75. The summed E-state index contributed by atoms with van der Waals surface area (Å²) >= 11 is 0. The zero-order chi connectivity index (χ0) is 23.6. The SMILES string of the molecule is CC1=C[C@H]2C[C@@H](C)CC[C@@H]2[C@@](C)(C(O)=C2C(=O)N[C@H](CO)C2=O)[C@H]1/C=C/C=C/C[C@@H](C)O. The van der Waals surface area contributed by atoms with Crippen LogP contribution in [-0.4, -0.2) is 45.8 Å². The molecular weight excluding hydrogens is 406 g/mol. The second-order valence-electron chi connectivity index (χ2n) is 10.1. The lowest BCUT2D eigenvalue weighted by Crippen LogP contribution is -2.46. The van der Waals surface area contributed by atoms with E-state index in [0.29, 0.717) is 12.3 Å². The Hall–Kier alpha value is -2.18. The molecule has 2 fully saturated rings. The highest BCUT2D eigenvalue weighted by Crippen LogP contribution is 2.57. The van der Waals surface area contributed by atoms with E-state index < -0.39 is 35.9 Å². The van der Waals surface area contributed by atoms with E-state index in [2.05, 4.69) is 18.3 Å². The largest absolute Gasteiger partial charge is 0.511 e. The summed E-state index contributed by atoms with van der Waals surface area (Å²) in [7, 11) is 0. The van der Waals surface area contributed by atoms with E-state index in [-0.39, 0.29) is 29.1 Å². The Labute approximate surface area is 190 Å². The van der Waals surface area contributed by atoms with Gasteiger partial charge in [-0.1, -0.05) is 56.2 Å². The number of fused-ring (bicyclic) bond motifs is 1. The van der Waals surface area contributed by atoms with Crippen molar-refractivity contribution in [3.8, 4) is 0 Å². The van der Waals surface area contributed by atoms with Gasteiger partial charge in [0.25, 0.3) is 5.91 Å². The maximum Gasteiger partial charge on any atom is 0.259 e. The van der Waals surface area contributed by atoms with Gasteiger partial charge in [0.2, 0.25) is 0 Å². The highest BCUT2D eigenvalue weighted by molar-refractivity contribution is 6.27. The first-order valence-corrected chi connectivity index (χ1v) is 11.7. The summed E-state index contributed by atoms with van der Waals surface area (Å²) in [5, 5.41) is 33.0. The van der Waals surface area contributed by atoms with Gasteiger partial charge in [-0.2, -0.15) is 0 Å². The lowest BCUT2D eigenvalue weighted by Gasteiger charge is -2.52. The molecule has 1 amide bonds. The molecule has 1 saturated carbocycles. The molecule has 0 aromatic carbocycles. The topological polar surface area (TPSA) is 107 Å². The monoisotopic (exact) mass is 443 g/mol. The number of rotatable bonds is 6. The number of nitrogens with one attached hydrogen (secondary N) is 1. The summed E-state index contributed by atoms with van der Waals surface area (Å²) in [6.07, 6.45) is 13.1. The molecule has 0 aromatic rings. The van der Waals surface area contributed by atoms with E-state index >= 15 is 0 Å². The number of ketones is 1. The molecule has 0 radical (unpaired) electrons. The van der Waals surface area contributed by atoms with E-state index in [9.17, 15) is 24.9 Å². The number of amides is 1. The molecule has 2 aliphatic carbocycles. The van der Waals surface area contributed by atoms with Gasteiger partial charge >= 0.3 is 0 Å². The van der Waals surface area contributed by atoms with Crippen molar-refractivity contribution in [2.24, 2.45) is 29.1 Å². The van der Waals surface area contributed by atoms with Gasteiger partial charge in [-0.3, -0.25) is 9.59 Å². The summed E-state index contributed by atoms with van der Waals surface area (Å²) in [4.78, 5) is 25.4. The lowest BCUT2D eigenvalue weighted by molar-refractivity contribution is -0.118. The fourth-order valence-corrected chi connectivity index (χ4v) is 5.91. The maximum absolute atomic E-state index is 12.8. The number of aliphatic hydroxyl groups is 3. The molecule has 3 rings (SSSR count). The standard InChI is InChI=1S/C26H37NO5/c1-15-10-11-20-18(12-15)13-16(2)19(9-7-5-6-8-17(3)29)26(20,4)24(31)22-23(30)21(14-28)27-25(22)32/h5-7,9,13,15,17-21,28-29,31H,8,10-12,14H2,1-4H3,(H,27,32)/b6-5+,9-7+,24-22?/t15-,17+,18+,19-,20-,21+,26-/m0/s1. The van der Waals surface area contributed by atoms with Gasteiger partial charge in [0.05, 0.1) is 12.7 Å². The minimum absolute atomic E-state index is 0.0970. The summed E-state index contributed by atoms with van der Waals surface area (Å²) in [6.45, 7) is 7.51. The number of aliphatic hydroxyl groups excluding tert-OH is 3. The molecule has 32 heavy (non-hydrogen) atoms. The lowest BCUT2D eigenvalue weighted by atomic mass is 9.52. The molecule has 1 heterocycles. The van der Waals surface area contributed by atoms with Crippen LogP contribution < -0.4 is 5.32 Å². The van der Waals surface area contributed by atoms with Crippen LogP contribution in [0.4, 0.5) is 0 Å². The van der Waals surface area contributed by atoms with Crippen molar-refractivity contribution in [1.82, 2.24) is 5.32 Å². The van der Waals surface area contributed by atoms with Crippen LogP contribution in [0.5, 0.6) is 0 Å². The molecule has 6 heteroatoms. The molecule has 7 atom stereocenters. The van der Waals surface area contributed by atoms with Crippen LogP contribution in [0.15, 0.2) is 47.3 Å². The fourth-order valence-electron chi connectivity index (χ4n) is 5.91. The van der Waals surface area contributed by atoms with Crippen molar-refractivity contribution in [3.05, 3.63) is 47.3 Å². The summed E-state index contributed by atoms with van der Waals surface area (Å²) in [5.41, 5.74) is 0.0895. The highest BCUT2D eigenvalue weighted by atomic mass is 16.3. The van der Waals surface area contributed by atoms with Crippen LogP contribution in [0, 0.1) is 29.1 Å². The van der Waals surface area contributed by atoms with Gasteiger partial charge in [0, 0.05) is 11.3 Å². The Bertz CT molecular complexity index is 867. The first-order valence-electron chi connectivity index (χ1n) is 11.7. The first kappa shape index (κ1) is 24.5. The maximum atomic E-state index is 12.8. The average Bonchev–Trinajstić information content (AvgIpc) is 3.01. The first-order chi connectivity index (χ1) is 15.1. The number of hydrogen-bond donors (Lipinski definition) is 4. The van der Waals surface area contributed by atoms with Crippen molar-refractivity contribution in [2.45, 2.75) is 65.5 Å². The van der Waals surface area contributed by atoms with Crippen molar-refractivity contribution in [1.29, 1.82) is 0 Å². The normalized spacial score (nSPS) is 38.1. The molecule has 1 aliphatic heterocycles. The number of carbonyl (C=O) groups is 2. The number of allylic oxidation sites excluding steroid dienone is 6. The van der Waals surface area contributed by atoms with Gasteiger partial charge in [-0.15, -0.1) is 0 Å². The van der Waals surface area contributed by atoms with Crippen LogP contribution in [0.3, 0.4) is 0 Å². The molecule has 0 spiro atoms. The summed E-state index contributed by atoms with van der Waals surface area (Å²) in [6, 6.07) is -0.997. The van der Waals surface area contributed by atoms with Gasteiger partial charge in [0.15, 0.2) is 5.78 Å². The molecule has 0 aromatic heterocycles. The molecule has 0 bridgehead atoms. The smallest absolute Gasteiger partial charge is 0.259 e. The predicted octanol–water partition coefficient (Wildman–Crippen LogP) is 3.38. The minimum atomic E-state index is -0.997. The molecule has 176 valence electrons. The number of carbonyl (C=O) groups excluding carboxylic acids is 2. The Morgan fingerprint density at radius 2 is 2.03 bits per heavy atom. The summed E-state index contributed by atoms with van der Waals surface area (Å²) in [5.74, 6) is -0.533. The van der Waals surface area contributed by atoms with Gasteiger partial charge in [-0.05, 0) is 50.9 Å². The van der Waals surface area contributed by atoms with E-state index in [0.717, 1.165) is 24.8 Å². The third-order valence-corrected chi connectivity index (χ3v) is 7.60. The number of hydrogen-bond acceptors (Lipinski definition) is 5.